The summed E-state index contributed by atoms with van der Waals surface area (Å²) in [5.74, 6) is -0.292. The average Bonchev–Trinajstić information content (AvgIpc) is 2.26. The summed E-state index contributed by atoms with van der Waals surface area (Å²) >= 11 is 0. The molecule has 0 aliphatic heterocycles. The van der Waals surface area contributed by atoms with E-state index in [9.17, 15) is 9.90 Å². The van der Waals surface area contributed by atoms with Crippen LogP contribution in [-0.2, 0) is 4.79 Å². The van der Waals surface area contributed by atoms with E-state index in [4.69, 9.17) is 0 Å². The highest BCUT2D eigenvalue weighted by atomic mass is 16.3. The van der Waals surface area contributed by atoms with Gasteiger partial charge in [0.15, 0.2) is 0 Å². The molecule has 17 heavy (non-hydrogen) atoms. The lowest BCUT2D eigenvalue weighted by atomic mass is 10.1. The van der Waals surface area contributed by atoms with Gasteiger partial charge in [0.25, 0.3) is 5.91 Å². The van der Waals surface area contributed by atoms with Gasteiger partial charge in [0, 0.05) is 26.0 Å². The molecule has 0 aromatic heterocycles. The Morgan fingerprint density at radius 3 is 2.41 bits per heavy atom. The molecule has 0 saturated carbocycles. The number of nitrogens with zero attached hydrogens (tertiary/aromatic N) is 1. The maximum Gasteiger partial charge on any atom is 0.255 e. The SMILES string of the molecule is CC(O)/C(=C/N(C)C)C(=O)Nc1ccccc1. The molecule has 0 bridgehead atoms. The fourth-order valence-corrected chi connectivity index (χ4v) is 1.36. The van der Waals surface area contributed by atoms with Crippen LogP contribution in [0, 0.1) is 0 Å². The maximum atomic E-state index is 11.9. The number of carbonyl (C=O) groups excluding carboxylic acids is 1. The van der Waals surface area contributed by atoms with Crippen LogP contribution >= 0.6 is 0 Å². The summed E-state index contributed by atoms with van der Waals surface area (Å²) in [5.41, 5.74) is 1.04. The van der Waals surface area contributed by atoms with Crippen LogP contribution in [0.15, 0.2) is 42.1 Å². The summed E-state index contributed by atoms with van der Waals surface area (Å²) in [6.07, 6.45) is 0.810. The van der Waals surface area contributed by atoms with Gasteiger partial charge in [-0.15, -0.1) is 0 Å². The number of anilines is 1. The Bertz CT molecular complexity index is 397. The van der Waals surface area contributed by atoms with Crippen molar-refractivity contribution in [3.8, 4) is 0 Å². The summed E-state index contributed by atoms with van der Waals surface area (Å²) in [7, 11) is 3.61. The third kappa shape index (κ3) is 4.28. The van der Waals surface area contributed by atoms with E-state index in [1.165, 1.54) is 0 Å². The third-order valence-corrected chi connectivity index (χ3v) is 2.14. The predicted octanol–water partition coefficient (Wildman–Crippen LogP) is 1.45. The second-order valence-electron chi connectivity index (χ2n) is 4.04. The molecule has 0 saturated heterocycles. The summed E-state index contributed by atoms with van der Waals surface area (Å²) in [4.78, 5) is 13.7. The zero-order chi connectivity index (χ0) is 12.8. The van der Waals surface area contributed by atoms with Gasteiger partial charge < -0.3 is 15.3 Å². The molecule has 92 valence electrons. The molecule has 1 aromatic carbocycles. The smallest absolute Gasteiger partial charge is 0.255 e. The minimum Gasteiger partial charge on any atom is -0.388 e. The molecule has 1 aromatic rings. The second kappa shape index (κ2) is 6.06. The van der Waals surface area contributed by atoms with Crippen LogP contribution in [0.2, 0.25) is 0 Å². The highest BCUT2D eigenvalue weighted by Crippen LogP contribution is 2.10. The standard InChI is InChI=1S/C13H18N2O2/c1-10(16)12(9-15(2)3)13(17)14-11-7-5-4-6-8-11/h4-10,16H,1-3H3,(H,14,17)/b12-9-. The van der Waals surface area contributed by atoms with Crippen LogP contribution in [0.3, 0.4) is 0 Å². The van der Waals surface area contributed by atoms with E-state index >= 15 is 0 Å². The van der Waals surface area contributed by atoms with Crippen molar-refractivity contribution in [2.75, 3.05) is 19.4 Å². The van der Waals surface area contributed by atoms with Gasteiger partial charge in [-0.2, -0.15) is 0 Å². The fourth-order valence-electron chi connectivity index (χ4n) is 1.36. The molecule has 4 nitrogen and oxygen atoms in total. The molecular weight excluding hydrogens is 216 g/mol. The van der Waals surface area contributed by atoms with Crippen LogP contribution in [0.4, 0.5) is 5.69 Å². The number of rotatable bonds is 4. The molecule has 0 aliphatic rings. The molecule has 0 spiro atoms. The van der Waals surface area contributed by atoms with Gasteiger partial charge in [0.2, 0.25) is 0 Å². The van der Waals surface area contributed by atoms with Gasteiger partial charge in [-0.1, -0.05) is 18.2 Å². The van der Waals surface area contributed by atoms with Crippen molar-refractivity contribution in [1.29, 1.82) is 0 Å². The van der Waals surface area contributed by atoms with E-state index in [2.05, 4.69) is 5.32 Å². The Morgan fingerprint density at radius 1 is 1.35 bits per heavy atom. The van der Waals surface area contributed by atoms with Crippen LogP contribution in [0.5, 0.6) is 0 Å². The highest BCUT2D eigenvalue weighted by molar-refractivity contribution is 6.04. The molecule has 2 N–H and O–H groups in total. The van der Waals surface area contributed by atoms with Crippen molar-refractivity contribution in [1.82, 2.24) is 4.90 Å². The van der Waals surface area contributed by atoms with Gasteiger partial charge >= 0.3 is 0 Å². The maximum absolute atomic E-state index is 11.9. The van der Waals surface area contributed by atoms with Gasteiger partial charge in [0.05, 0.1) is 11.7 Å². The van der Waals surface area contributed by atoms with Gasteiger partial charge in [0.1, 0.15) is 0 Å². The molecule has 4 heteroatoms. The minimum atomic E-state index is -0.805. The van der Waals surface area contributed by atoms with Crippen molar-refractivity contribution in [2.24, 2.45) is 0 Å². The number of aliphatic hydroxyl groups is 1. The van der Waals surface area contributed by atoms with E-state index in [0.717, 1.165) is 0 Å². The number of nitrogens with one attached hydrogen (secondary N) is 1. The zero-order valence-electron chi connectivity index (χ0n) is 10.3. The molecule has 0 radical (unpaired) electrons. The number of hydrogen-bond acceptors (Lipinski definition) is 3. The number of para-hydroxylation sites is 1. The molecular formula is C13H18N2O2. The van der Waals surface area contributed by atoms with Crippen molar-refractivity contribution < 1.29 is 9.90 Å². The first-order valence-corrected chi connectivity index (χ1v) is 5.43. The van der Waals surface area contributed by atoms with E-state index in [-0.39, 0.29) is 5.91 Å². The number of hydrogen-bond donors (Lipinski definition) is 2. The molecule has 0 fully saturated rings. The average molecular weight is 234 g/mol. The van der Waals surface area contributed by atoms with Crippen LogP contribution in [0.25, 0.3) is 0 Å². The van der Waals surface area contributed by atoms with Crippen molar-refractivity contribution in [3.63, 3.8) is 0 Å². The summed E-state index contributed by atoms with van der Waals surface area (Å²) < 4.78 is 0. The Kier molecular flexibility index (Phi) is 4.72. The predicted molar refractivity (Wildman–Crippen MR) is 68.5 cm³/mol. The Balaban J connectivity index is 2.80. The quantitative estimate of drug-likeness (QED) is 0.775. The number of benzene rings is 1. The second-order valence-corrected chi connectivity index (χ2v) is 4.04. The molecule has 1 rings (SSSR count). The Hall–Kier alpha value is -1.81. The van der Waals surface area contributed by atoms with Gasteiger partial charge in [-0.25, -0.2) is 0 Å². The molecule has 1 amide bonds. The summed E-state index contributed by atoms with van der Waals surface area (Å²) in [6, 6.07) is 9.15. The molecule has 1 atom stereocenters. The Labute approximate surface area is 102 Å². The van der Waals surface area contributed by atoms with E-state index in [0.29, 0.717) is 11.3 Å². The van der Waals surface area contributed by atoms with Crippen LogP contribution in [-0.4, -0.2) is 36.1 Å². The first-order valence-electron chi connectivity index (χ1n) is 5.43. The van der Waals surface area contributed by atoms with Gasteiger partial charge in [-0.05, 0) is 19.1 Å². The van der Waals surface area contributed by atoms with Crippen molar-refractivity contribution in [2.45, 2.75) is 13.0 Å². The molecule has 1 unspecified atom stereocenters. The summed E-state index contributed by atoms with van der Waals surface area (Å²) in [6.45, 7) is 1.57. The fraction of sp³-hybridized carbons (Fsp3) is 0.308. The first kappa shape index (κ1) is 13.3. The normalized spacial score (nSPS) is 13.1. The van der Waals surface area contributed by atoms with E-state index in [1.807, 2.05) is 18.2 Å². The monoisotopic (exact) mass is 234 g/mol. The van der Waals surface area contributed by atoms with Crippen molar-refractivity contribution >= 4 is 11.6 Å². The first-order chi connectivity index (χ1) is 8.00. The van der Waals surface area contributed by atoms with Crippen LogP contribution < -0.4 is 5.32 Å². The molecule has 0 aliphatic carbocycles. The van der Waals surface area contributed by atoms with E-state index < -0.39 is 6.10 Å². The number of amides is 1. The topological polar surface area (TPSA) is 52.6 Å². The largest absolute Gasteiger partial charge is 0.388 e. The third-order valence-electron chi connectivity index (χ3n) is 2.14. The lowest BCUT2D eigenvalue weighted by molar-refractivity contribution is -0.113. The zero-order valence-corrected chi connectivity index (χ0v) is 10.3. The van der Waals surface area contributed by atoms with Crippen LogP contribution in [0.1, 0.15) is 6.92 Å². The highest BCUT2D eigenvalue weighted by Gasteiger charge is 2.15. The lowest BCUT2D eigenvalue weighted by Crippen LogP contribution is -2.24. The number of aliphatic hydroxyl groups excluding tert-OH is 1. The summed E-state index contributed by atoms with van der Waals surface area (Å²) in [5, 5.41) is 12.3. The van der Waals surface area contributed by atoms with Crippen molar-refractivity contribution in [3.05, 3.63) is 42.1 Å². The Morgan fingerprint density at radius 2 is 1.94 bits per heavy atom. The van der Waals surface area contributed by atoms with E-state index in [1.54, 1.807) is 44.3 Å². The lowest BCUT2D eigenvalue weighted by Gasteiger charge is -2.14. The minimum absolute atomic E-state index is 0.292. The van der Waals surface area contributed by atoms with Gasteiger partial charge in [-0.3, -0.25) is 4.79 Å². The number of carbonyl (C=O) groups is 1. The molecule has 0 heterocycles.